The third kappa shape index (κ3) is 4.19. The van der Waals surface area contributed by atoms with Gasteiger partial charge in [-0.25, -0.2) is 13.3 Å². The van der Waals surface area contributed by atoms with E-state index in [1.54, 1.807) is 36.4 Å². The van der Waals surface area contributed by atoms with Crippen LogP contribution >= 0.6 is 0 Å². The number of sulfonamides is 1. The van der Waals surface area contributed by atoms with Gasteiger partial charge in [0.2, 0.25) is 10.0 Å². The van der Waals surface area contributed by atoms with E-state index in [0.717, 1.165) is 4.90 Å². The van der Waals surface area contributed by atoms with Crippen molar-refractivity contribution in [1.29, 1.82) is 0 Å². The molecule has 2 aromatic carbocycles. The van der Waals surface area contributed by atoms with Crippen LogP contribution in [0.25, 0.3) is 0 Å². The van der Waals surface area contributed by atoms with E-state index in [0.29, 0.717) is 37.4 Å². The summed E-state index contributed by atoms with van der Waals surface area (Å²) in [5, 5.41) is 3.14. The summed E-state index contributed by atoms with van der Waals surface area (Å²) in [6.07, 6.45) is 2.36. The van der Waals surface area contributed by atoms with Gasteiger partial charge in [0.1, 0.15) is 11.4 Å². The van der Waals surface area contributed by atoms with Gasteiger partial charge in [0.25, 0.3) is 11.8 Å². The summed E-state index contributed by atoms with van der Waals surface area (Å²) in [7, 11) is -2.07. The number of carbonyl (C=O) groups is 2. The molecule has 2 aliphatic rings. The smallest absolute Gasteiger partial charge is 0.281 e. The molecule has 0 bridgehead atoms. The molecule has 2 aromatic rings. The fourth-order valence-corrected chi connectivity index (χ4v) is 5.22. The minimum atomic E-state index is -3.60. The Bertz CT molecular complexity index is 1110. The van der Waals surface area contributed by atoms with Crippen molar-refractivity contribution >= 4 is 27.5 Å². The summed E-state index contributed by atoms with van der Waals surface area (Å²) in [5.74, 6) is -0.196. The van der Waals surface area contributed by atoms with E-state index in [1.165, 1.54) is 29.6 Å². The monoisotopic (exact) mass is 441 g/mol. The van der Waals surface area contributed by atoms with Crippen LogP contribution in [0, 0.1) is 0 Å². The molecule has 0 aromatic heterocycles. The van der Waals surface area contributed by atoms with Gasteiger partial charge in [-0.2, -0.15) is 4.31 Å². The number of anilines is 1. The van der Waals surface area contributed by atoms with Gasteiger partial charge in [0, 0.05) is 25.2 Å². The van der Waals surface area contributed by atoms with E-state index in [9.17, 15) is 18.0 Å². The minimum Gasteiger partial charge on any atom is -0.497 e. The molecule has 2 heterocycles. The molecular formula is C22H23N3O5S. The zero-order valence-corrected chi connectivity index (χ0v) is 17.8. The molecule has 0 radical (unpaired) electrons. The molecule has 31 heavy (non-hydrogen) atoms. The summed E-state index contributed by atoms with van der Waals surface area (Å²) in [4.78, 5) is 26.4. The molecule has 1 fully saturated rings. The van der Waals surface area contributed by atoms with Crippen LogP contribution < -0.4 is 15.0 Å². The highest BCUT2D eigenvalue weighted by molar-refractivity contribution is 7.89. The van der Waals surface area contributed by atoms with Crippen molar-refractivity contribution in [1.82, 2.24) is 9.62 Å². The summed E-state index contributed by atoms with van der Waals surface area (Å²) >= 11 is 0. The topological polar surface area (TPSA) is 96.0 Å². The quantitative estimate of drug-likeness (QED) is 0.688. The molecule has 0 aliphatic carbocycles. The predicted octanol–water partition coefficient (Wildman–Crippen LogP) is 1.90. The van der Waals surface area contributed by atoms with Crippen LogP contribution in [0.3, 0.4) is 0 Å². The molecule has 0 spiro atoms. The molecule has 8 nitrogen and oxygen atoms in total. The van der Waals surface area contributed by atoms with E-state index in [1.807, 2.05) is 6.07 Å². The normalized spacial score (nSPS) is 18.2. The number of ether oxygens (including phenoxy) is 1. The Balaban J connectivity index is 1.37. The van der Waals surface area contributed by atoms with E-state index in [2.05, 4.69) is 5.32 Å². The largest absolute Gasteiger partial charge is 0.497 e. The van der Waals surface area contributed by atoms with Gasteiger partial charge in [-0.1, -0.05) is 18.2 Å². The Hall–Kier alpha value is -3.17. The lowest BCUT2D eigenvalue weighted by atomic mass is 10.1. The van der Waals surface area contributed by atoms with Gasteiger partial charge in [0.05, 0.1) is 17.7 Å². The van der Waals surface area contributed by atoms with Gasteiger partial charge in [-0.3, -0.25) is 9.59 Å². The number of rotatable bonds is 6. The van der Waals surface area contributed by atoms with E-state index in [4.69, 9.17) is 4.74 Å². The number of imide groups is 1. The standard InChI is InChI=1S/C22H23N3O5S/c1-30-18-7-9-19(10-8-18)31(28,29)24-13-11-16(12-14-24)23-20-15-21(26)25(22(20)27)17-5-3-2-4-6-17/h2-10,15-16,23H,11-14H2,1H3. The lowest BCUT2D eigenvalue weighted by Crippen LogP contribution is -2.45. The van der Waals surface area contributed by atoms with Crippen LogP contribution in [0.2, 0.25) is 0 Å². The lowest BCUT2D eigenvalue weighted by Gasteiger charge is -2.32. The number of amides is 2. The molecule has 4 rings (SSSR count). The molecule has 1 N–H and O–H groups in total. The maximum atomic E-state index is 12.9. The van der Waals surface area contributed by atoms with Crippen molar-refractivity contribution < 1.29 is 22.7 Å². The Morgan fingerprint density at radius 1 is 0.968 bits per heavy atom. The lowest BCUT2D eigenvalue weighted by molar-refractivity contribution is -0.120. The van der Waals surface area contributed by atoms with Crippen LogP contribution in [0.4, 0.5) is 5.69 Å². The maximum Gasteiger partial charge on any atom is 0.281 e. The van der Waals surface area contributed by atoms with Gasteiger partial charge in [-0.05, 0) is 49.2 Å². The molecular weight excluding hydrogens is 418 g/mol. The Kier molecular flexibility index (Phi) is 5.79. The molecule has 0 saturated carbocycles. The number of benzene rings is 2. The van der Waals surface area contributed by atoms with Gasteiger partial charge < -0.3 is 10.1 Å². The first-order chi connectivity index (χ1) is 14.9. The second-order valence-corrected chi connectivity index (χ2v) is 9.31. The summed E-state index contributed by atoms with van der Waals surface area (Å²) < 4.78 is 32.3. The fourth-order valence-electron chi connectivity index (χ4n) is 3.75. The average Bonchev–Trinajstić information content (AvgIpc) is 3.07. The molecule has 9 heteroatoms. The van der Waals surface area contributed by atoms with Crippen LogP contribution in [-0.4, -0.2) is 50.8 Å². The third-order valence-electron chi connectivity index (χ3n) is 5.45. The first-order valence-corrected chi connectivity index (χ1v) is 11.4. The molecule has 2 amide bonds. The molecule has 1 saturated heterocycles. The number of methoxy groups -OCH3 is 1. The Morgan fingerprint density at radius 3 is 2.23 bits per heavy atom. The van der Waals surface area contributed by atoms with Crippen molar-refractivity contribution in [3.63, 3.8) is 0 Å². The highest BCUT2D eigenvalue weighted by atomic mass is 32.2. The van der Waals surface area contributed by atoms with Crippen molar-refractivity contribution in [3.05, 3.63) is 66.4 Å². The second-order valence-electron chi connectivity index (χ2n) is 7.37. The summed E-state index contributed by atoms with van der Waals surface area (Å²) in [5.41, 5.74) is 0.760. The van der Waals surface area contributed by atoms with E-state index in [-0.39, 0.29) is 16.6 Å². The van der Waals surface area contributed by atoms with Crippen molar-refractivity contribution in [2.75, 3.05) is 25.1 Å². The number of piperidine rings is 1. The zero-order valence-electron chi connectivity index (χ0n) is 17.0. The number of carbonyl (C=O) groups excluding carboxylic acids is 2. The zero-order chi connectivity index (χ0) is 22.0. The Labute approximate surface area is 181 Å². The SMILES string of the molecule is COc1ccc(S(=O)(=O)N2CCC(NC3=CC(=O)N(c4ccccc4)C3=O)CC2)cc1. The number of nitrogens with zero attached hydrogens (tertiary/aromatic N) is 2. The molecule has 0 atom stereocenters. The highest BCUT2D eigenvalue weighted by Gasteiger charge is 2.35. The first-order valence-electron chi connectivity index (χ1n) is 9.96. The van der Waals surface area contributed by atoms with Crippen LogP contribution in [0.1, 0.15) is 12.8 Å². The minimum absolute atomic E-state index is 0.0963. The summed E-state index contributed by atoms with van der Waals surface area (Å²) in [6, 6.07) is 15.0. The van der Waals surface area contributed by atoms with E-state index >= 15 is 0 Å². The number of nitrogens with one attached hydrogen (secondary N) is 1. The third-order valence-corrected chi connectivity index (χ3v) is 7.36. The van der Waals surface area contributed by atoms with Crippen LogP contribution in [0.5, 0.6) is 5.75 Å². The number of hydrogen-bond donors (Lipinski definition) is 1. The van der Waals surface area contributed by atoms with Gasteiger partial charge in [-0.15, -0.1) is 0 Å². The first kappa shape index (κ1) is 21.1. The number of para-hydroxylation sites is 1. The van der Waals surface area contributed by atoms with Crippen molar-refractivity contribution in [2.24, 2.45) is 0 Å². The maximum absolute atomic E-state index is 12.9. The molecule has 162 valence electrons. The van der Waals surface area contributed by atoms with Crippen LogP contribution in [0.15, 0.2) is 71.3 Å². The number of hydrogen-bond acceptors (Lipinski definition) is 6. The average molecular weight is 442 g/mol. The van der Waals surface area contributed by atoms with Crippen molar-refractivity contribution in [3.8, 4) is 5.75 Å². The molecule has 2 aliphatic heterocycles. The Morgan fingerprint density at radius 2 is 1.61 bits per heavy atom. The summed E-state index contributed by atoms with van der Waals surface area (Å²) in [6.45, 7) is 0.647. The van der Waals surface area contributed by atoms with Crippen LogP contribution in [-0.2, 0) is 19.6 Å². The molecule has 0 unspecified atom stereocenters. The van der Waals surface area contributed by atoms with Crippen molar-refractivity contribution in [2.45, 2.75) is 23.8 Å². The van der Waals surface area contributed by atoms with E-state index < -0.39 is 21.8 Å². The van der Waals surface area contributed by atoms with Gasteiger partial charge >= 0.3 is 0 Å². The highest BCUT2D eigenvalue weighted by Crippen LogP contribution is 2.25. The second kappa shape index (κ2) is 8.52. The fraction of sp³-hybridized carbons (Fsp3) is 0.273. The predicted molar refractivity (Wildman–Crippen MR) is 115 cm³/mol. The van der Waals surface area contributed by atoms with Gasteiger partial charge in [0.15, 0.2) is 0 Å².